The molecule has 0 aliphatic carbocycles. The fraction of sp³-hybridized carbons (Fsp3) is 0.455. The van der Waals surface area contributed by atoms with Crippen LogP contribution in [-0.4, -0.2) is 31.1 Å². The monoisotopic (exact) mass is 262 g/mol. The van der Waals surface area contributed by atoms with E-state index in [1.807, 2.05) is 0 Å². The molecule has 0 aromatic heterocycles. The first-order valence-corrected chi connectivity index (χ1v) is 7.22. The summed E-state index contributed by atoms with van der Waals surface area (Å²) in [5, 5.41) is 9.66. The Labute approximate surface area is 101 Å². The van der Waals surface area contributed by atoms with Gasteiger partial charge in [-0.3, -0.25) is 0 Å². The predicted molar refractivity (Wildman–Crippen MR) is 65.5 cm³/mol. The first kappa shape index (κ1) is 13.5. The maximum Gasteiger partial charge on any atom is 0.153 e. The van der Waals surface area contributed by atoms with Crippen molar-refractivity contribution >= 4 is 21.4 Å². The van der Waals surface area contributed by atoms with Gasteiger partial charge in [0.1, 0.15) is 0 Å². The van der Waals surface area contributed by atoms with Crippen LogP contribution in [-0.2, 0) is 16.3 Å². The molecule has 3 nitrogen and oxygen atoms in total. The highest BCUT2D eigenvalue weighted by Crippen LogP contribution is 2.10. The van der Waals surface area contributed by atoms with Gasteiger partial charge in [0.25, 0.3) is 0 Å². The van der Waals surface area contributed by atoms with Gasteiger partial charge < -0.3 is 5.11 Å². The molecular formula is C11H15ClO3S. The summed E-state index contributed by atoms with van der Waals surface area (Å²) in [6, 6.07) is 7.08. The van der Waals surface area contributed by atoms with Crippen LogP contribution in [0.2, 0.25) is 5.02 Å². The fourth-order valence-corrected chi connectivity index (χ4v) is 2.95. The van der Waals surface area contributed by atoms with Gasteiger partial charge in [-0.1, -0.05) is 23.7 Å². The van der Waals surface area contributed by atoms with Crippen molar-refractivity contribution in [2.45, 2.75) is 19.4 Å². The van der Waals surface area contributed by atoms with E-state index in [9.17, 15) is 8.42 Å². The highest BCUT2D eigenvalue weighted by molar-refractivity contribution is 7.91. The topological polar surface area (TPSA) is 54.4 Å². The minimum atomic E-state index is -3.17. The molecule has 0 bridgehead atoms. The summed E-state index contributed by atoms with van der Waals surface area (Å²) in [7, 11) is -3.17. The standard InChI is InChI=1S/C11H15ClO3S/c1-9(13)8-16(14,15)7-6-10-2-4-11(12)5-3-10/h2-5,9,13H,6-8H2,1H3/t9-/m1/s1. The minimum Gasteiger partial charge on any atom is -0.392 e. The van der Waals surface area contributed by atoms with Gasteiger partial charge in [0.05, 0.1) is 17.6 Å². The Kier molecular flexibility index (Phi) is 4.77. The molecule has 1 N–H and O–H groups in total. The molecule has 0 radical (unpaired) electrons. The summed E-state index contributed by atoms with van der Waals surface area (Å²) in [4.78, 5) is 0. The molecule has 0 aliphatic heterocycles. The summed E-state index contributed by atoms with van der Waals surface area (Å²) in [6.07, 6.45) is -0.359. The van der Waals surface area contributed by atoms with Crippen LogP contribution in [0.5, 0.6) is 0 Å². The second kappa shape index (κ2) is 5.66. The summed E-state index contributed by atoms with van der Waals surface area (Å²) in [5.41, 5.74) is 0.929. The number of aliphatic hydroxyl groups is 1. The third kappa shape index (κ3) is 4.96. The molecule has 1 aromatic carbocycles. The molecule has 1 aromatic rings. The SMILES string of the molecule is C[C@@H](O)CS(=O)(=O)CCc1ccc(Cl)cc1. The summed E-state index contributed by atoms with van der Waals surface area (Å²) in [6.45, 7) is 1.47. The summed E-state index contributed by atoms with van der Waals surface area (Å²) < 4.78 is 23.0. The predicted octanol–water partition coefficient (Wildman–Crippen LogP) is 1.68. The zero-order valence-electron chi connectivity index (χ0n) is 9.06. The number of halogens is 1. The zero-order chi connectivity index (χ0) is 12.2. The van der Waals surface area contributed by atoms with Crippen LogP contribution in [0.25, 0.3) is 0 Å². The van der Waals surface area contributed by atoms with Gasteiger partial charge in [0, 0.05) is 5.02 Å². The highest BCUT2D eigenvalue weighted by atomic mass is 35.5. The van der Waals surface area contributed by atoms with Gasteiger partial charge in [-0.2, -0.15) is 0 Å². The number of rotatable bonds is 5. The van der Waals surface area contributed by atoms with E-state index in [0.717, 1.165) is 5.56 Å². The third-order valence-electron chi connectivity index (χ3n) is 2.11. The van der Waals surface area contributed by atoms with Crippen LogP contribution in [0.4, 0.5) is 0 Å². The van der Waals surface area contributed by atoms with Crippen LogP contribution in [0.3, 0.4) is 0 Å². The molecule has 0 fully saturated rings. The first-order valence-electron chi connectivity index (χ1n) is 5.02. The smallest absolute Gasteiger partial charge is 0.153 e. The molecule has 0 saturated carbocycles. The zero-order valence-corrected chi connectivity index (χ0v) is 10.6. The van der Waals surface area contributed by atoms with Gasteiger partial charge in [-0.25, -0.2) is 8.42 Å². The molecule has 0 amide bonds. The normalized spacial score (nSPS) is 13.7. The maximum absolute atomic E-state index is 11.5. The van der Waals surface area contributed by atoms with Gasteiger partial charge in [0.15, 0.2) is 9.84 Å². The Morgan fingerprint density at radius 2 is 1.88 bits per heavy atom. The van der Waals surface area contributed by atoms with E-state index in [1.54, 1.807) is 24.3 Å². The van der Waals surface area contributed by atoms with E-state index < -0.39 is 15.9 Å². The van der Waals surface area contributed by atoms with Crippen LogP contribution >= 0.6 is 11.6 Å². The lowest BCUT2D eigenvalue weighted by molar-refractivity contribution is 0.218. The Morgan fingerprint density at radius 3 is 2.38 bits per heavy atom. The molecular weight excluding hydrogens is 248 g/mol. The molecule has 0 spiro atoms. The lowest BCUT2D eigenvalue weighted by Gasteiger charge is -2.06. The van der Waals surface area contributed by atoms with E-state index >= 15 is 0 Å². The number of hydrogen-bond donors (Lipinski definition) is 1. The van der Waals surface area contributed by atoms with E-state index in [2.05, 4.69) is 0 Å². The summed E-state index contributed by atoms with van der Waals surface area (Å²) in [5.74, 6) is -0.125. The molecule has 1 rings (SSSR count). The van der Waals surface area contributed by atoms with Crippen molar-refractivity contribution in [3.8, 4) is 0 Å². The average molecular weight is 263 g/mol. The van der Waals surface area contributed by atoms with Gasteiger partial charge in [-0.05, 0) is 31.0 Å². The number of sulfone groups is 1. The molecule has 1 atom stereocenters. The molecule has 5 heteroatoms. The molecule has 16 heavy (non-hydrogen) atoms. The quantitative estimate of drug-likeness (QED) is 0.878. The van der Waals surface area contributed by atoms with E-state index in [0.29, 0.717) is 11.4 Å². The highest BCUT2D eigenvalue weighted by Gasteiger charge is 2.13. The van der Waals surface area contributed by atoms with Crippen molar-refractivity contribution < 1.29 is 13.5 Å². The lowest BCUT2D eigenvalue weighted by Crippen LogP contribution is -2.21. The third-order valence-corrected chi connectivity index (χ3v) is 4.18. The Morgan fingerprint density at radius 1 is 1.31 bits per heavy atom. The van der Waals surface area contributed by atoms with Crippen molar-refractivity contribution in [1.82, 2.24) is 0 Å². The molecule has 90 valence electrons. The Hall–Kier alpha value is -0.580. The van der Waals surface area contributed by atoms with E-state index in [-0.39, 0.29) is 11.5 Å². The van der Waals surface area contributed by atoms with Gasteiger partial charge >= 0.3 is 0 Å². The fourth-order valence-electron chi connectivity index (χ4n) is 1.38. The van der Waals surface area contributed by atoms with Crippen molar-refractivity contribution in [3.05, 3.63) is 34.9 Å². The van der Waals surface area contributed by atoms with Crippen LogP contribution < -0.4 is 0 Å². The van der Waals surface area contributed by atoms with Crippen molar-refractivity contribution in [2.75, 3.05) is 11.5 Å². The van der Waals surface area contributed by atoms with Gasteiger partial charge in [-0.15, -0.1) is 0 Å². The maximum atomic E-state index is 11.5. The number of aryl methyl sites for hydroxylation is 1. The number of benzene rings is 1. The van der Waals surface area contributed by atoms with E-state index in [4.69, 9.17) is 16.7 Å². The Balaban J connectivity index is 2.54. The second-order valence-corrected chi connectivity index (χ2v) is 6.51. The molecule has 0 saturated heterocycles. The second-order valence-electron chi connectivity index (χ2n) is 3.84. The molecule has 0 aliphatic rings. The Bertz CT molecular complexity index is 423. The minimum absolute atomic E-state index is 0.0551. The van der Waals surface area contributed by atoms with Crippen molar-refractivity contribution in [3.63, 3.8) is 0 Å². The average Bonchev–Trinajstić information content (AvgIpc) is 2.15. The van der Waals surface area contributed by atoms with E-state index in [1.165, 1.54) is 6.92 Å². The summed E-state index contributed by atoms with van der Waals surface area (Å²) >= 11 is 5.72. The van der Waals surface area contributed by atoms with Crippen molar-refractivity contribution in [2.24, 2.45) is 0 Å². The number of aliphatic hydroxyl groups excluding tert-OH is 1. The first-order chi connectivity index (χ1) is 7.39. The van der Waals surface area contributed by atoms with Gasteiger partial charge in [0.2, 0.25) is 0 Å². The molecule has 0 heterocycles. The number of hydrogen-bond acceptors (Lipinski definition) is 3. The largest absolute Gasteiger partial charge is 0.392 e. The van der Waals surface area contributed by atoms with Crippen LogP contribution in [0.1, 0.15) is 12.5 Å². The van der Waals surface area contributed by atoms with Crippen molar-refractivity contribution in [1.29, 1.82) is 0 Å². The molecule has 0 unspecified atom stereocenters. The van der Waals surface area contributed by atoms with Crippen LogP contribution in [0.15, 0.2) is 24.3 Å². The lowest BCUT2D eigenvalue weighted by atomic mass is 10.2. The van der Waals surface area contributed by atoms with Crippen LogP contribution in [0, 0.1) is 0 Å².